The van der Waals surface area contributed by atoms with E-state index in [1.54, 1.807) is 7.11 Å². The first-order valence-corrected chi connectivity index (χ1v) is 6.53. The van der Waals surface area contributed by atoms with Crippen molar-refractivity contribution >= 4 is 30.0 Å². The molecule has 0 saturated carbocycles. The number of aliphatic carboxylic acids is 1. The lowest BCUT2D eigenvalue weighted by molar-refractivity contribution is -0.139. The Kier molecular flexibility index (Phi) is 10.1. The average molecular weight is 278 g/mol. The third-order valence-electron chi connectivity index (χ3n) is 1.93. The Balaban J connectivity index is 3.65. The monoisotopic (exact) mass is 278 g/mol. The second kappa shape index (κ2) is 10.8. The van der Waals surface area contributed by atoms with Crippen LogP contribution in [0.15, 0.2) is 0 Å². The fraction of sp³-hybridized carbons (Fsp3) is 0.700. The number of hydrogen-bond donors (Lipinski definition) is 3. The van der Waals surface area contributed by atoms with Crippen molar-refractivity contribution in [1.29, 1.82) is 0 Å². The standard InChI is InChI=1S/C10H18N2O5S/c1-17-4-2-3-11-9(14)6-18-5-8(10(15)16)12-7-13/h7-8H,2-6H2,1H3,(H,11,14)(H,12,13)(H,15,16). The summed E-state index contributed by atoms with van der Waals surface area (Å²) in [6, 6.07) is -0.964. The van der Waals surface area contributed by atoms with E-state index >= 15 is 0 Å². The Bertz CT molecular complexity index is 275. The van der Waals surface area contributed by atoms with Crippen LogP contribution in [0.1, 0.15) is 6.42 Å². The minimum atomic E-state index is -1.12. The number of rotatable bonds is 11. The van der Waals surface area contributed by atoms with Gasteiger partial charge < -0.3 is 20.5 Å². The van der Waals surface area contributed by atoms with Crippen LogP contribution in [0.5, 0.6) is 0 Å². The van der Waals surface area contributed by atoms with Crippen molar-refractivity contribution in [3.05, 3.63) is 0 Å². The highest BCUT2D eigenvalue weighted by Gasteiger charge is 2.16. The van der Waals surface area contributed by atoms with E-state index in [0.717, 1.165) is 18.2 Å². The van der Waals surface area contributed by atoms with Crippen LogP contribution < -0.4 is 10.6 Å². The van der Waals surface area contributed by atoms with Gasteiger partial charge in [-0.3, -0.25) is 9.59 Å². The molecule has 18 heavy (non-hydrogen) atoms. The van der Waals surface area contributed by atoms with Crippen LogP contribution in [0.3, 0.4) is 0 Å². The zero-order chi connectivity index (χ0) is 13.8. The summed E-state index contributed by atoms with van der Waals surface area (Å²) in [5, 5.41) is 13.6. The van der Waals surface area contributed by atoms with Crippen molar-refractivity contribution in [3.63, 3.8) is 0 Å². The quantitative estimate of drug-likeness (QED) is 0.333. The molecular formula is C10H18N2O5S. The van der Waals surface area contributed by atoms with E-state index in [1.807, 2.05) is 0 Å². The molecule has 0 bridgehead atoms. The molecule has 0 rings (SSSR count). The van der Waals surface area contributed by atoms with E-state index in [4.69, 9.17) is 9.84 Å². The van der Waals surface area contributed by atoms with Gasteiger partial charge in [0.25, 0.3) is 0 Å². The zero-order valence-electron chi connectivity index (χ0n) is 10.2. The lowest BCUT2D eigenvalue weighted by Crippen LogP contribution is -2.38. The summed E-state index contributed by atoms with van der Waals surface area (Å²) < 4.78 is 4.83. The predicted molar refractivity (Wildman–Crippen MR) is 67.5 cm³/mol. The van der Waals surface area contributed by atoms with Gasteiger partial charge in [0, 0.05) is 26.0 Å². The summed E-state index contributed by atoms with van der Waals surface area (Å²) in [5.41, 5.74) is 0. The second-order valence-corrected chi connectivity index (χ2v) is 4.42. The first kappa shape index (κ1) is 16.7. The maximum Gasteiger partial charge on any atom is 0.327 e. The van der Waals surface area contributed by atoms with Gasteiger partial charge in [-0.25, -0.2) is 4.79 Å². The first-order chi connectivity index (χ1) is 8.61. The Morgan fingerprint density at radius 3 is 2.78 bits per heavy atom. The first-order valence-electron chi connectivity index (χ1n) is 5.37. The lowest BCUT2D eigenvalue weighted by Gasteiger charge is -2.10. The molecule has 0 aromatic rings. The highest BCUT2D eigenvalue weighted by Crippen LogP contribution is 2.02. The Morgan fingerprint density at radius 1 is 1.50 bits per heavy atom. The van der Waals surface area contributed by atoms with Crippen LogP contribution in [-0.2, 0) is 19.1 Å². The molecule has 0 aromatic heterocycles. The molecule has 2 amide bonds. The van der Waals surface area contributed by atoms with E-state index in [-0.39, 0.29) is 17.4 Å². The van der Waals surface area contributed by atoms with Crippen molar-refractivity contribution in [3.8, 4) is 0 Å². The fourth-order valence-corrected chi connectivity index (χ4v) is 1.92. The van der Waals surface area contributed by atoms with Gasteiger partial charge in [0.15, 0.2) is 0 Å². The van der Waals surface area contributed by atoms with Crippen LogP contribution in [0.25, 0.3) is 0 Å². The number of hydrogen-bond acceptors (Lipinski definition) is 5. The molecule has 0 saturated heterocycles. The summed E-state index contributed by atoms with van der Waals surface area (Å²) in [5.74, 6) is -0.960. The maximum atomic E-state index is 11.3. The van der Waals surface area contributed by atoms with Gasteiger partial charge in [0.2, 0.25) is 12.3 Å². The van der Waals surface area contributed by atoms with E-state index in [0.29, 0.717) is 19.6 Å². The summed E-state index contributed by atoms with van der Waals surface area (Å²) >= 11 is 1.16. The molecule has 0 radical (unpaired) electrons. The molecule has 0 aromatic carbocycles. The van der Waals surface area contributed by atoms with Crippen LogP contribution in [0.2, 0.25) is 0 Å². The summed E-state index contributed by atoms with van der Waals surface area (Å²) in [7, 11) is 1.59. The van der Waals surface area contributed by atoms with Crippen molar-refractivity contribution in [2.24, 2.45) is 0 Å². The minimum Gasteiger partial charge on any atom is -0.480 e. The molecule has 1 unspecified atom stereocenters. The van der Waals surface area contributed by atoms with Gasteiger partial charge in [-0.1, -0.05) is 0 Å². The third-order valence-corrected chi connectivity index (χ3v) is 2.97. The van der Waals surface area contributed by atoms with E-state index < -0.39 is 12.0 Å². The van der Waals surface area contributed by atoms with Crippen LogP contribution in [0, 0.1) is 0 Å². The van der Waals surface area contributed by atoms with Gasteiger partial charge in [0.05, 0.1) is 5.75 Å². The molecule has 0 heterocycles. The highest BCUT2D eigenvalue weighted by atomic mass is 32.2. The molecule has 3 N–H and O–H groups in total. The van der Waals surface area contributed by atoms with Crippen LogP contribution in [-0.4, -0.2) is 61.2 Å². The summed E-state index contributed by atoms with van der Waals surface area (Å²) in [6.45, 7) is 1.11. The molecule has 0 spiro atoms. The SMILES string of the molecule is COCCCNC(=O)CSCC(NC=O)C(=O)O. The number of amides is 2. The lowest BCUT2D eigenvalue weighted by atomic mass is 10.3. The number of methoxy groups -OCH3 is 1. The Hall–Kier alpha value is -1.28. The van der Waals surface area contributed by atoms with Crippen molar-refractivity contribution in [2.75, 3.05) is 31.8 Å². The number of carbonyl (C=O) groups excluding carboxylic acids is 2. The van der Waals surface area contributed by atoms with Gasteiger partial charge in [-0.15, -0.1) is 11.8 Å². The normalized spacial score (nSPS) is 11.6. The zero-order valence-corrected chi connectivity index (χ0v) is 11.0. The number of carbonyl (C=O) groups is 3. The molecular weight excluding hydrogens is 260 g/mol. The number of thioether (sulfide) groups is 1. The van der Waals surface area contributed by atoms with Crippen molar-refractivity contribution < 1.29 is 24.2 Å². The maximum absolute atomic E-state index is 11.3. The third kappa shape index (κ3) is 8.82. The molecule has 0 fully saturated rings. The predicted octanol–water partition coefficient (Wildman–Crippen LogP) is -0.928. The van der Waals surface area contributed by atoms with Crippen molar-refractivity contribution in [1.82, 2.24) is 10.6 Å². The average Bonchev–Trinajstić information content (AvgIpc) is 2.33. The second-order valence-electron chi connectivity index (χ2n) is 3.39. The smallest absolute Gasteiger partial charge is 0.327 e. The van der Waals surface area contributed by atoms with Crippen molar-refractivity contribution in [2.45, 2.75) is 12.5 Å². The van der Waals surface area contributed by atoms with Gasteiger partial charge in [-0.05, 0) is 6.42 Å². The molecule has 7 nitrogen and oxygen atoms in total. The Labute approximate surface area is 110 Å². The topological polar surface area (TPSA) is 105 Å². The molecule has 0 aliphatic carbocycles. The molecule has 0 aliphatic rings. The Morgan fingerprint density at radius 2 is 2.22 bits per heavy atom. The van der Waals surface area contributed by atoms with Gasteiger partial charge in [-0.2, -0.15) is 0 Å². The molecule has 1 atom stereocenters. The number of carboxylic acid groups (broad SMARTS) is 1. The largest absolute Gasteiger partial charge is 0.480 e. The van der Waals surface area contributed by atoms with Crippen LogP contribution in [0.4, 0.5) is 0 Å². The highest BCUT2D eigenvalue weighted by molar-refractivity contribution is 8.00. The number of carboxylic acids is 1. The number of ether oxygens (including phenoxy) is 1. The van der Waals surface area contributed by atoms with E-state index in [2.05, 4.69) is 10.6 Å². The number of nitrogens with one attached hydrogen (secondary N) is 2. The van der Waals surface area contributed by atoms with Crippen LogP contribution >= 0.6 is 11.8 Å². The molecule has 104 valence electrons. The summed E-state index contributed by atoms with van der Waals surface area (Å²) in [6.07, 6.45) is 1.07. The minimum absolute atomic E-state index is 0.152. The fourth-order valence-electron chi connectivity index (χ4n) is 1.04. The summed E-state index contributed by atoms with van der Waals surface area (Å²) in [4.78, 5) is 32.1. The molecule has 0 aliphatic heterocycles. The van der Waals surface area contributed by atoms with Gasteiger partial charge in [0.1, 0.15) is 6.04 Å². The van der Waals surface area contributed by atoms with E-state index in [9.17, 15) is 14.4 Å². The van der Waals surface area contributed by atoms with Gasteiger partial charge >= 0.3 is 5.97 Å². The van der Waals surface area contributed by atoms with E-state index in [1.165, 1.54) is 0 Å². The molecule has 8 heteroatoms.